The summed E-state index contributed by atoms with van der Waals surface area (Å²) in [6, 6.07) is 3.62. The van der Waals surface area contributed by atoms with Crippen LogP contribution in [0, 0.1) is 0 Å². The molecule has 5 heteroatoms. The number of carbonyl (C=O) groups excluding carboxylic acids is 1. The minimum atomic E-state index is -0.232. The van der Waals surface area contributed by atoms with Crippen molar-refractivity contribution in [3.8, 4) is 0 Å². The van der Waals surface area contributed by atoms with E-state index in [1.807, 2.05) is 6.07 Å². The van der Waals surface area contributed by atoms with Crippen LogP contribution in [-0.4, -0.2) is 15.6 Å². The molecule has 0 fully saturated rings. The zero-order valence-electron chi connectivity index (χ0n) is 9.71. The lowest BCUT2D eigenvalue weighted by Crippen LogP contribution is -1.98. The summed E-state index contributed by atoms with van der Waals surface area (Å²) in [7, 11) is 1.71. The molecule has 0 bridgehead atoms. The van der Waals surface area contributed by atoms with Crippen LogP contribution in [0.4, 0.5) is 0 Å². The van der Waals surface area contributed by atoms with Crippen molar-refractivity contribution in [1.82, 2.24) is 9.78 Å². The van der Waals surface area contributed by atoms with Crippen LogP contribution < -0.4 is 0 Å². The van der Waals surface area contributed by atoms with Crippen LogP contribution in [0.25, 0.3) is 6.08 Å². The Morgan fingerprint density at radius 1 is 1.50 bits per heavy atom. The maximum Gasteiger partial charge on any atom is 0.207 e. The Labute approximate surface area is 109 Å². The number of ketones is 1. The van der Waals surface area contributed by atoms with E-state index in [9.17, 15) is 4.79 Å². The third-order valence-corrected chi connectivity index (χ3v) is 2.46. The van der Waals surface area contributed by atoms with Crippen molar-refractivity contribution >= 4 is 23.5 Å². The molecule has 0 unspecified atom stereocenters. The molecule has 0 N–H and O–H groups in total. The van der Waals surface area contributed by atoms with Crippen molar-refractivity contribution in [3.05, 3.63) is 59.3 Å². The van der Waals surface area contributed by atoms with Gasteiger partial charge in [-0.1, -0.05) is 23.8 Å². The lowest BCUT2D eigenvalue weighted by atomic mass is 10.2. The third-order valence-electron chi connectivity index (χ3n) is 2.18. The van der Waals surface area contributed by atoms with Gasteiger partial charge in [-0.25, -0.2) is 0 Å². The van der Waals surface area contributed by atoms with Gasteiger partial charge in [0.1, 0.15) is 5.76 Å². The third kappa shape index (κ3) is 2.99. The minimum absolute atomic E-state index is 0.232. The van der Waals surface area contributed by atoms with Crippen LogP contribution in [0.5, 0.6) is 0 Å². The zero-order valence-corrected chi connectivity index (χ0v) is 10.5. The molecular weight excluding hydrogens is 252 g/mol. The van der Waals surface area contributed by atoms with E-state index in [1.54, 1.807) is 43.8 Å². The Kier molecular flexibility index (Phi) is 3.79. The Morgan fingerprint density at radius 3 is 2.94 bits per heavy atom. The van der Waals surface area contributed by atoms with E-state index >= 15 is 0 Å². The smallest absolute Gasteiger partial charge is 0.207 e. The summed E-state index contributed by atoms with van der Waals surface area (Å²) >= 11 is 5.86. The summed E-state index contributed by atoms with van der Waals surface area (Å²) in [6.45, 7) is 0. The highest BCUT2D eigenvalue weighted by atomic mass is 35.5. The van der Waals surface area contributed by atoms with E-state index in [4.69, 9.17) is 16.0 Å². The van der Waals surface area contributed by atoms with Crippen LogP contribution >= 0.6 is 11.6 Å². The quantitative estimate of drug-likeness (QED) is 0.483. The highest BCUT2D eigenvalue weighted by Gasteiger charge is 2.11. The first-order valence-corrected chi connectivity index (χ1v) is 5.66. The molecule has 0 amide bonds. The van der Waals surface area contributed by atoms with Crippen LogP contribution in [0.2, 0.25) is 5.02 Å². The van der Waals surface area contributed by atoms with Gasteiger partial charge < -0.3 is 4.42 Å². The Bertz CT molecular complexity index is 595. The van der Waals surface area contributed by atoms with Crippen molar-refractivity contribution < 1.29 is 9.21 Å². The normalized spacial score (nSPS) is 11.7. The monoisotopic (exact) mass is 262 g/mol. The van der Waals surface area contributed by atoms with E-state index in [2.05, 4.69) is 5.10 Å². The number of hydrogen-bond donors (Lipinski definition) is 0. The molecule has 0 saturated carbocycles. The molecular formula is C13H11ClN2O2. The molecule has 2 aromatic rings. The van der Waals surface area contributed by atoms with Crippen molar-refractivity contribution in [2.24, 2.45) is 7.05 Å². The first-order chi connectivity index (χ1) is 8.66. The molecule has 2 rings (SSSR count). The summed E-state index contributed by atoms with van der Waals surface area (Å²) in [5.41, 5.74) is 0.252. The van der Waals surface area contributed by atoms with E-state index < -0.39 is 0 Å². The SMILES string of the molecule is Cn1cc(Cl)c(C(=O)/C=C/C=C/c2ccco2)n1. The lowest BCUT2D eigenvalue weighted by molar-refractivity contribution is 0.104. The van der Waals surface area contributed by atoms with Gasteiger partial charge in [0, 0.05) is 13.2 Å². The first kappa shape index (κ1) is 12.4. The van der Waals surface area contributed by atoms with E-state index in [0.717, 1.165) is 5.76 Å². The van der Waals surface area contributed by atoms with E-state index in [-0.39, 0.29) is 11.5 Å². The summed E-state index contributed by atoms with van der Waals surface area (Å²) in [5, 5.41) is 4.33. The molecule has 0 aromatic carbocycles. The fourth-order valence-electron chi connectivity index (χ4n) is 1.38. The van der Waals surface area contributed by atoms with Gasteiger partial charge in [0.15, 0.2) is 5.69 Å². The van der Waals surface area contributed by atoms with Crippen LogP contribution in [0.1, 0.15) is 16.2 Å². The highest BCUT2D eigenvalue weighted by molar-refractivity contribution is 6.34. The van der Waals surface area contributed by atoms with Gasteiger partial charge >= 0.3 is 0 Å². The minimum Gasteiger partial charge on any atom is -0.465 e. The van der Waals surface area contributed by atoms with Crippen molar-refractivity contribution in [2.45, 2.75) is 0 Å². The molecule has 92 valence electrons. The molecule has 0 aliphatic carbocycles. The molecule has 4 nitrogen and oxygen atoms in total. The number of furan rings is 1. The van der Waals surface area contributed by atoms with Gasteiger partial charge in [0.25, 0.3) is 0 Å². The standard InChI is InChI=1S/C13H11ClN2O2/c1-16-9-11(14)13(15-16)12(17)7-3-2-5-10-6-4-8-18-10/h2-9H,1H3/b5-2+,7-3+. The van der Waals surface area contributed by atoms with Crippen molar-refractivity contribution in [2.75, 3.05) is 0 Å². The maximum atomic E-state index is 11.7. The molecule has 0 saturated heterocycles. The van der Waals surface area contributed by atoms with Gasteiger partial charge in [0.05, 0.1) is 11.3 Å². The molecule has 0 radical (unpaired) electrons. The molecule has 0 aliphatic heterocycles. The number of aromatic nitrogens is 2. The molecule has 0 atom stereocenters. The fourth-order valence-corrected chi connectivity index (χ4v) is 1.66. The van der Waals surface area contributed by atoms with Crippen molar-refractivity contribution in [1.29, 1.82) is 0 Å². The van der Waals surface area contributed by atoms with Crippen LogP contribution in [-0.2, 0) is 7.05 Å². The Balaban J connectivity index is 2.01. The summed E-state index contributed by atoms with van der Waals surface area (Å²) in [5.74, 6) is 0.493. The predicted molar refractivity (Wildman–Crippen MR) is 69.4 cm³/mol. The Hall–Kier alpha value is -2.07. The fraction of sp³-hybridized carbons (Fsp3) is 0.0769. The van der Waals surface area contributed by atoms with Gasteiger partial charge in [-0.2, -0.15) is 5.10 Å². The van der Waals surface area contributed by atoms with Gasteiger partial charge in [0.2, 0.25) is 5.78 Å². The van der Waals surface area contributed by atoms with Crippen LogP contribution in [0.3, 0.4) is 0 Å². The number of halogens is 1. The number of aryl methyl sites for hydroxylation is 1. The van der Waals surface area contributed by atoms with Crippen molar-refractivity contribution in [3.63, 3.8) is 0 Å². The average molecular weight is 263 g/mol. The van der Waals surface area contributed by atoms with E-state index in [0.29, 0.717) is 5.02 Å². The summed E-state index contributed by atoms with van der Waals surface area (Å²) in [4.78, 5) is 11.7. The maximum absolute atomic E-state index is 11.7. The number of hydrogen-bond acceptors (Lipinski definition) is 3. The Morgan fingerprint density at radius 2 is 2.33 bits per heavy atom. The second-order valence-corrected chi connectivity index (χ2v) is 4.00. The summed E-state index contributed by atoms with van der Waals surface area (Å²) in [6.07, 6.45) is 9.67. The number of allylic oxidation sites excluding steroid dienone is 3. The van der Waals surface area contributed by atoms with E-state index in [1.165, 1.54) is 10.8 Å². The molecule has 18 heavy (non-hydrogen) atoms. The average Bonchev–Trinajstić information content (AvgIpc) is 2.94. The van der Waals surface area contributed by atoms with Gasteiger partial charge in [-0.3, -0.25) is 9.48 Å². The largest absolute Gasteiger partial charge is 0.465 e. The first-order valence-electron chi connectivity index (χ1n) is 5.28. The lowest BCUT2D eigenvalue weighted by Gasteiger charge is -1.88. The molecule has 2 heterocycles. The number of carbonyl (C=O) groups is 1. The second kappa shape index (κ2) is 5.51. The number of rotatable bonds is 4. The molecule has 2 aromatic heterocycles. The predicted octanol–water partition coefficient (Wildman–Crippen LogP) is 3.12. The van der Waals surface area contributed by atoms with Gasteiger partial charge in [-0.05, 0) is 24.3 Å². The molecule has 0 aliphatic rings. The van der Waals surface area contributed by atoms with Gasteiger partial charge in [-0.15, -0.1) is 0 Å². The number of nitrogens with zero attached hydrogens (tertiary/aromatic N) is 2. The topological polar surface area (TPSA) is 48.0 Å². The second-order valence-electron chi connectivity index (χ2n) is 3.60. The highest BCUT2D eigenvalue weighted by Crippen LogP contribution is 2.14. The summed E-state index contributed by atoms with van der Waals surface area (Å²) < 4.78 is 6.61. The zero-order chi connectivity index (χ0) is 13.0. The van der Waals surface area contributed by atoms with Crippen LogP contribution in [0.15, 0.2) is 47.2 Å². The molecule has 0 spiro atoms.